The first-order valence-electron chi connectivity index (χ1n) is 15.9. The van der Waals surface area contributed by atoms with E-state index in [0.29, 0.717) is 0 Å². The lowest BCUT2D eigenvalue weighted by Gasteiger charge is -2.28. The van der Waals surface area contributed by atoms with Crippen LogP contribution in [0.1, 0.15) is 67.6 Å². The highest BCUT2D eigenvalue weighted by atomic mass is 16.3. The van der Waals surface area contributed by atoms with E-state index in [2.05, 4.69) is 135 Å². The highest BCUT2D eigenvalue weighted by molar-refractivity contribution is 6.14. The number of allylic oxidation sites excluding steroid dienone is 1. The van der Waals surface area contributed by atoms with Gasteiger partial charge >= 0.3 is 0 Å². The Kier molecular flexibility index (Phi) is 4.48. The molecule has 0 aliphatic heterocycles. The van der Waals surface area contributed by atoms with E-state index >= 15 is 0 Å². The Labute approximate surface area is 257 Å². The van der Waals surface area contributed by atoms with Crippen LogP contribution in [0.3, 0.4) is 0 Å². The smallest absolute Gasteiger partial charge is 0.135 e. The lowest BCUT2D eigenvalue weighted by atomic mass is 9.75. The molecule has 10 rings (SSSR count). The Morgan fingerprint density at radius 1 is 0.659 bits per heavy atom. The van der Waals surface area contributed by atoms with Crippen molar-refractivity contribution < 1.29 is 4.42 Å². The third-order valence-electron chi connectivity index (χ3n) is 11.0. The first-order chi connectivity index (χ1) is 21.4. The standard InChI is InChI=1S/C42H33NO/c1-41(2)30-17-9-5-14-26(30)35-36-28-16-7-11-19-32(28)43(24-21-22-34-29(23-24)25-13-8-12-20-33(25)44-34)40(36)39-37(38(35)41)27-15-6-10-18-31(27)42(39,3)4/h5-6,8-15,17-23H,7,16H2,1-4H3. The van der Waals surface area contributed by atoms with Crippen LogP contribution in [0.4, 0.5) is 0 Å². The summed E-state index contributed by atoms with van der Waals surface area (Å²) in [6, 6.07) is 33.5. The van der Waals surface area contributed by atoms with Gasteiger partial charge in [0.05, 0.1) is 5.52 Å². The number of hydrogen-bond acceptors (Lipinski definition) is 1. The second kappa shape index (κ2) is 8.01. The number of hydrogen-bond donors (Lipinski definition) is 0. The van der Waals surface area contributed by atoms with E-state index in [-0.39, 0.29) is 10.8 Å². The van der Waals surface area contributed by atoms with E-state index < -0.39 is 0 Å². The van der Waals surface area contributed by atoms with Crippen molar-refractivity contribution in [1.29, 1.82) is 0 Å². The molecule has 0 saturated carbocycles. The molecule has 212 valence electrons. The minimum absolute atomic E-state index is 0.105. The van der Waals surface area contributed by atoms with Gasteiger partial charge in [0.1, 0.15) is 11.2 Å². The molecule has 0 saturated heterocycles. The lowest BCUT2D eigenvalue weighted by molar-refractivity contribution is 0.650. The van der Waals surface area contributed by atoms with E-state index in [4.69, 9.17) is 4.42 Å². The van der Waals surface area contributed by atoms with E-state index in [1.165, 1.54) is 83.1 Å². The van der Waals surface area contributed by atoms with E-state index in [1.54, 1.807) is 0 Å². The summed E-state index contributed by atoms with van der Waals surface area (Å²) < 4.78 is 8.87. The zero-order valence-electron chi connectivity index (χ0n) is 25.6. The van der Waals surface area contributed by atoms with Crippen LogP contribution < -0.4 is 0 Å². The summed E-state index contributed by atoms with van der Waals surface area (Å²) in [4.78, 5) is 0. The summed E-state index contributed by atoms with van der Waals surface area (Å²) in [6.45, 7) is 9.77. The van der Waals surface area contributed by atoms with Crippen LogP contribution in [0, 0.1) is 0 Å². The maximum absolute atomic E-state index is 6.27. The van der Waals surface area contributed by atoms with E-state index in [1.807, 2.05) is 0 Å². The average molecular weight is 568 g/mol. The normalized spacial score (nSPS) is 16.7. The Bertz CT molecular complexity index is 2440. The minimum atomic E-state index is -0.154. The molecule has 5 aromatic carbocycles. The number of fused-ring (bicyclic) bond motifs is 15. The van der Waals surface area contributed by atoms with Crippen molar-refractivity contribution in [3.8, 4) is 27.9 Å². The summed E-state index contributed by atoms with van der Waals surface area (Å²) in [5.41, 5.74) is 18.5. The van der Waals surface area contributed by atoms with Crippen LogP contribution >= 0.6 is 0 Å². The van der Waals surface area contributed by atoms with E-state index in [9.17, 15) is 0 Å². The molecule has 0 amide bonds. The lowest BCUT2D eigenvalue weighted by Crippen LogP contribution is -2.19. The molecular weight excluding hydrogens is 534 g/mol. The molecule has 0 radical (unpaired) electrons. The monoisotopic (exact) mass is 567 g/mol. The Morgan fingerprint density at radius 3 is 2.11 bits per heavy atom. The van der Waals surface area contributed by atoms with Gasteiger partial charge in [-0.25, -0.2) is 0 Å². The number of aromatic nitrogens is 1. The molecule has 0 fully saturated rings. The maximum Gasteiger partial charge on any atom is 0.135 e. The molecule has 3 aliphatic carbocycles. The van der Waals surface area contributed by atoms with Gasteiger partial charge in [0.15, 0.2) is 0 Å². The first kappa shape index (κ1) is 24.6. The van der Waals surface area contributed by atoms with Crippen molar-refractivity contribution in [2.24, 2.45) is 0 Å². The number of nitrogens with zero attached hydrogens (tertiary/aromatic N) is 1. The summed E-state index contributed by atoms with van der Waals surface area (Å²) in [5, 5.41) is 3.79. The third kappa shape index (κ3) is 2.79. The van der Waals surface area contributed by atoms with Crippen molar-refractivity contribution in [2.75, 3.05) is 0 Å². The van der Waals surface area contributed by atoms with Gasteiger partial charge in [-0.1, -0.05) is 101 Å². The Hall–Kier alpha value is -4.82. The number of aryl methyl sites for hydroxylation is 1. The first-order valence-corrected chi connectivity index (χ1v) is 15.9. The van der Waals surface area contributed by atoms with Crippen LogP contribution in [-0.2, 0) is 17.3 Å². The molecule has 0 bridgehead atoms. The predicted octanol–water partition coefficient (Wildman–Crippen LogP) is 11.1. The SMILES string of the molecule is CC1(C)c2ccccc2-c2c1c1c(c3c2c2c(n3-c3ccc4oc5ccccc5c4c3)C=CCC2)C(C)(C)c2ccccc2-1. The highest BCUT2D eigenvalue weighted by Gasteiger charge is 2.48. The molecule has 0 spiro atoms. The fraction of sp³-hybridized carbons (Fsp3) is 0.190. The molecule has 0 atom stereocenters. The quantitative estimate of drug-likeness (QED) is 0.193. The van der Waals surface area contributed by atoms with Crippen molar-refractivity contribution in [3.63, 3.8) is 0 Å². The summed E-state index contributed by atoms with van der Waals surface area (Å²) >= 11 is 0. The molecule has 3 aliphatic rings. The van der Waals surface area contributed by atoms with Gasteiger partial charge < -0.3 is 8.98 Å². The van der Waals surface area contributed by atoms with Gasteiger partial charge in [0.2, 0.25) is 0 Å². The molecule has 2 aromatic heterocycles. The fourth-order valence-electron chi connectivity index (χ4n) is 9.14. The molecule has 7 aromatic rings. The molecule has 2 heterocycles. The molecule has 2 heteroatoms. The molecule has 0 unspecified atom stereocenters. The van der Waals surface area contributed by atoms with Crippen LogP contribution in [0.15, 0.2) is 101 Å². The molecule has 0 N–H and O–H groups in total. The average Bonchev–Trinajstić information content (AvgIpc) is 3.72. The van der Waals surface area contributed by atoms with Crippen LogP contribution in [0.5, 0.6) is 0 Å². The number of furan rings is 1. The van der Waals surface area contributed by atoms with Gasteiger partial charge in [-0.3, -0.25) is 0 Å². The summed E-state index contributed by atoms with van der Waals surface area (Å²) in [6.07, 6.45) is 6.86. The van der Waals surface area contributed by atoms with Gasteiger partial charge in [-0.05, 0) is 93.3 Å². The molecule has 2 nitrogen and oxygen atoms in total. The van der Waals surface area contributed by atoms with Gasteiger partial charge in [-0.2, -0.15) is 0 Å². The van der Waals surface area contributed by atoms with Crippen LogP contribution in [0.2, 0.25) is 0 Å². The van der Waals surface area contributed by atoms with Gasteiger partial charge in [-0.15, -0.1) is 0 Å². The van der Waals surface area contributed by atoms with Crippen LogP contribution in [-0.4, -0.2) is 4.57 Å². The third-order valence-corrected chi connectivity index (χ3v) is 11.0. The largest absolute Gasteiger partial charge is 0.456 e. The highest BCUT2D eigenvalue weighted by Crippen LogP contribution is 2.63. The van der Waals surface area contributed by atoms with Crippen molar-refractivity contribution in [1.82, 2.24) is 4.57 Å². The topological polar surface area (TPSA) is 18.1 Å². The van der Waals surface area contributed by atoms with Gasteiger partial charge in [0.25, 0.3) is 0 Å². The zero-order chi connectivity index (χ0) is 29.5. The predicted molar refractivity (Wildman–Crippen MR) is 183 cm³/mol. The number of benzene rings is 5. The van der Waals surface area contributed by atoms with E-state index in [0.717, 1.165) is 24.0 Å². The van der Waals surface area contributed by atoms with Gasteiger partial charge in [0, 0.05) is 38.4 Å². The second-order valence-electron chi connectivity index (χ2n) is 14.0. The van der Waals surface area contributed by atoms with Crippen molar-refractivity contribution >= 4 is 38.9 Å². The Morgan fingerprint density at radius 2 is 1.32 bits per heavy atom. The number of rotatable bonds is 1. The number of para-hydroxylation sites is 1. The fourth-order valence-corrected chi connectivity index (χ4v) is 9.14. The Balaban J connectivity index is 1.45. The zero-order valence-corrected chi connectivity index (χ0v) is 25.6. The summed E-state index contributed by atoms with van der Waals surface area (Å²) in [5.74, 6) is 0. The van der Waals surface area contributed by atoms with Crippen molar-refractivity contribution in [2.45, 2.75) is 51.4 Å². The minimum Gasteiger partial charge on any atom is -0.456 e. The summed E-state index contributed by atoms with van der Waals surface area (Å²) in [7, 11) is 0. The second-order valence-corrected chi connectivity index (χ2v) is 14.0. The van der Waals surface area contributed by atoms with Crippen LogP contribution in [0.25, 0.3) is 66.9 Å². The molecular formula is C42H33NO. The van der Waals surface area contributed by atoms with Crippen molar-refractivity contribution in [3.05, 3.63) is 131 Å². The maximum atomic E-state index is 6.27. The molecule has 44 heavy (non-hydrogen) atoms.